The first-order valence-electron chi connectivity index (χ1n) is 38.7. The summed E-state index contributed by atoms with van der Waals surface area (Å²) in [6.45, 7) is 0.150. The fourth-order valence-corrected chi connectivity index (χ4v) is 19.7. The molecule has 9 heterocycles. The number of rotatable bonds is 5. The summed E-state index contributed by atoms with van der Waals surface area (Å²) in [5, 5.41) is 7.44. The molecule has 20 aromatic rings. The van der Waals surface area contributed by atoms with Gasteiger partial charge in [-0.15, -0.1) is 11.3 Å². The first kappa shape index (κ1) is 64.4. The van der Waals surface area contributed by atoms with E-state index in [1.54, 1.807) is 0 Å². The molecule has 0 aliphatic carbocycles. The van der Waals surface area contributed by atoms with Crippen molar-refractivity contribution in [2.75, 3.05) is 0 Å². The van der Waals surface area contributed by atoms with Crippen LogP contribution in [0.5, 0.6) is 69.0 Å². The van der Waals surface area contributed by atoms with Crippen LogP contribution in [-0.4, -0.2) is 24.7 Å². The van der Waals surface area contributed by atoms with Crippen molar-refractivity contribution in [2.24, 2.45) is 0 Å². The van der Waals surface area contributed by atoms with Crippen molar-refractivity contribution in [3.05, 3.63) is 364 Å². The highest BCUT2D eigenvalue weighted by Crippen LogP contribution is 2.45. The molecule has 0 N–H and O–H groups in total. The van der Waals surface area contributed by atoms with E-state index < -0.39 is 0 Å². The highest BCUT2D eigenvalue weighted by Gasteiger charge is 2.44. The number of fused-ring (bicyclic) bond motifs is 21. The molecule has 0 fully saturated rings. The summed E-state index contributed by atoms with van der Waals surface area (Å²) in [7, 11) is 0. The van der Waals surface area contributed by atoms with Gasteiger partial charge in [-0.3, -0.25) is 0 Å². The molecular weight excluding hydrogens is 1420 g/mol. The van der Waals surface area contributed by atoms with E-state index in [0.717, 1.165) is 163 Å². The van der Waals surface area contributed by atoms with Crippen molar-refractivity contribution in [3.8, 4) is 119 Å². The van der Waals surface area contributed by atoms with E-state index in [-0.39, 0.29) is 20.1 Å². The zero-order valence-electron chi connectivity index (χ0n) is 61.1. The fourth-order valence-electron chi connectivity index (χ4n) is 18.5. The molecular formula is C102H60B3NO7S. The minimum Gasteiger partial charge on any atom is -0.458 e. The maximum atomic E-state index is 6.54. The Balaban J connectivity index is 0.000000100. The van der Waals surface area contributed by atoms with Crippen LogP contribution in [0.15, 0.2) is 368 Å². The third-order valence-corrected chi connectivity index (χ3v) is 24.8. The highest BCUT2D eigenvalue weighted by atomic mass is 32.1. The van der Waals surface area contributed by atoms with Gasteiger partial charge >= 0.3 is 0 Å². The number of benzene rings is 17. The van der Waals surface area contributed by atoms with E-state index in [2.05, 4.69) is 284 Å². The molecule has 0 atom stereocenters. The number of para-hydroxylation sites is 6. The van der Waals surface area contributed by atoms with Crippen LogP contribution in [0.4, 0.5) is 0 Å². The van der Waals surface area contributed by atoms with Crippen LogP contribution in [0.1, 0.15) is 0 Å². The summed E-state index contributed by atoms with van der Waals surface area (Å²) in [4.78, 5) is 0. The maximum absolute atomic E-state index is 6.54. The molecule has 0 saturated heterocycles. The molecule has 3 aromatic heterocycles. The summed E-state index contributed by atoms with van der Waals surface area (Å²) in [5.41, 5.74) is 25.0. The maximum Gasteiger partial charge on any atom is 0.260 e. The average Bonchev–Trinajstić information content (AvgIpc) is 0.929. The van der Waals surface area contributed by atoms with E-state index in [1.807, 2.05) is 96.3 Å². The number of nitrogens with zero attached hydrogens (tertiary/aromatic N) is 1. The van der Waals surface area contributed by atoms with Gasteiger partial charge in [0.05, 0.1) is 11.0 Å². The SMILES string of the molecule is c1ccc(-c2ccc3c(c2)Oc2cccc4c2B3c2cc(-c3ccc(-n5c6ccccc6c6ccccc65)cc3)ccc2O4)cc1.c1ccc2c(c1)Oc1cccc3c1B2c1cc(-c2cccc4c2oc2ccccc24)ccc1O3.c1ccc2c(c1)Oc1cccc3c1B2c1cc(-c2cccc4c2sc2ccccc24)ccc1O3. The topological polar surface area (TPSA) is 73.5 Å². The zero-order valence-corrected chi connectivity index (χ0v) is 61.9. The van der Waals surface area contributed by atoms with Crippen molar-refractivity contribution in [2.45, 2.75) is 0 Å². The van der Waals surface area contributed by atoms with Gasteiger partial charge in [0.25, 0.3) is 20.1 Å². The van der Waals surface area contributed by atoms with Gasteiger partial charge < -0.3 is 37.4 Å². The Kier molecular flexibility index (Phi) is 14.4. The van der Waals surface area contributed by atoms with Gasteiger partial charge in [-0.2, -0.15) is 0 Å². The van der Waals surface area contributed by atoms with E-state index in [1.165, 1.54) is 69.6 Å². The molecule has 0 bridgehead atoms. The number of ether oxygens (including phenoxy) is 6. The van der Waals surface area contributed by atoms with Crippen LogP contribution in [0.2, 0.25) is 0 Å². The Morgan fingerprint density at radius 3 is 1.20 bits per heavy atom. The summed E-state index contributed by atoms with van der Waals surface area (Å²) < 4.78 is 49.6. The molecule has 0 saturated carbocycles. The Labute approximate surface area is 660 Å². The lowest BCUT2D eigenvalue weighted by molar-refractivity contribution is 0.464. The van der Waals surface area contributed by atoms with Crippen LogP contribution >= 0.6 is 11.3 Å². The Hall–Kier alpha value is -14.4. The molecule has 6 aliphatic heterocycles. The second-order valence-corrected chi connectivity index (χ2v) is 30.9. The summed E-state index contributed by atoms with van der Waals surface area (Å²) >= 11 is 1.87. The predicted octanol–water partition coefficient (Wildman–Crippen LogP) is 21.3. The second-order valence-electron chi connectivity index (χ2n) is 29.8. The van der Waals surface area contributed by atoms with Crippen molar-refractivity contribution in [1.29, 1.82) is 0 Å². The van der Waals surface area contributed by atoms with Crippen LogP contribution in [0.25, 0.3) is 114 Å². The van der Waals surface area contributed by atoms with E-state index in [4.69, 9.17) is 32.8 Å². The quantitative estimate of drug-likeness (QED) is 0.159. The van der Waals surface area contributed by atoms with Gasteiger partial charge in [-0.1, -0.05) is 255 Å². The van der Waals surface area contributed by atoms with Gasteiger partial charge in [0.15, 0.2) is 0 Å². The molecule has 17 aromatic carbocycles. The summed E-state index contributed by atoms with van der Waals surface area (Å²) in [5.74, 6) is 10.6. The first-order valence-corrected chi connectivity index (χ1v) is 39.5. The number of aromatic nitrogens is 1. The van der Waals surface area contributed by atoms with Gasteiger partial charge in [0.2, 0.25) is 0 Å². The van der Waals surface area contributed by atoms with Crippen molar-refractivity contribution in [3.63, 3.8) is 0 Å². The third-order valence-electron chi connectivity index (χ3n) is 23.6. The van der Waals surface area contributed by atoms with E-state index in [9.17, 15) is 0 Å². The molecule has 0 spiro atoms. The molecule has 0 radical (unpaired) electrons. The molecule has 530 valence electrons. The Bertz CT molecular complexity index is 7090. The number of hydrogen-bond donors (Lipinski definition) is 0. The predicted molar refractivity (Wildman–Crippen MR) is 469 cm³/mol. The zero-order chi connectivity index (χ0) is 74.6. The summed E-state index contributed by atoms with van der Waals surface area (Å²) in [6, 6.07) is 128. The van der Waals surface area contributed by atoms with Gasteiger partial charge in [0, 0.05) is 69.4 Å². The number of hydrogen-bond acceptors (Lipinski definition) is 8. The average molecular weight is 1480 g/mol. The third kappa shape index (κ3) is 10.1. The monoisotopic (exact) mass is 1480 g/mol. The van der Waals surface area contributed by atoms with Crippen molar-refractivity contribution < 1.29 is 32.8 Å². The molecule has 12 heteroatoms. The van der Waals surface area contributed by atoms with Gasteiger partial charge in [-0.25, -0.2) is 0 Å². The Morgan fingerprint density at radius 1 is 0.228 bits per heavy atom. The number of thiophene rings is 1. The summed E-state index contributed by atoms with van der Waals surface area (Å²) in [6.07, 6.45) is 0. The van der Waals surface area contributed by atoms with Gasteiger partial charge in [0.1, 0.15) is 80.2 Å². The lowest BCUT2D eigenvalue weighted by Crippen LogP contribution is -2.57. The molecule has 8 nitrogen and oxygen atoms in total. The number of furan rings is 1. The normalized spacial score (nSPS) is 12.9. The van der Waals surface area contributed by atoms with Crippen LogP contribution in [0.3, 0.4) is 0 Å². The molecule has 0 unspecified atom stereocenters. The minimum atomic E-state index is 0.0142. The standard InChI is InChI=1S/C42H26BNO2.C30H17BO3.C30H17BO2S/c1-2-9-27(10-3-1)30-19-23-34-41(26-30)46-40-16-8-15-39-42(40)43(34)35-25-29(20-24-38(35)45-39)28-17-21-31(22-18-28)44-36-13-6-4-11-32(36)33-12-5-7-14-37(33)44;1-3-11-24-20(7-1)21-9-5-8-19(30(21)34-24)18-15-16-26-23(17-18)31-22-10-2-4-12-25(22)32-27-13-6-14-28(33-26)29(27)31;1-4-14-28-20(7-1)21-9-5-8-19(30(21)34-28)18-15-16-25-23(17-18)31-22-10-2-3-11-24(22)32-26-12-6-13-27(33-25)29(26)31/h1-26H;2*1-17H. The fraction of sp³-hybridized carbons (Fsp3) is 0. The van der Waals surface area contributed by atoms with Crippen molar-refractivity contribution >= 4 is 145 Å². The van der Waals surface area contributed by atoms with Crippen LogP contribution in [0, 0.1) is 0 Å². The van der Waals surface area contributed by atoms with E-state index >= 15 is 0 Å². The lowest BCUT2D eigenvalue weighted by atomic mass is 9.34. The smallest absolute Gasteiger partial charge is 0.260 e. The second kappa shape index (κ2) is 25.6. The molecule has 0 amide bonds. The van der Waals surface area contributed by atoms with E-state index in [0.29, 0.717) is 0 Å². The first-order chi connectivity index (χ1) is 56.5. The lowest BCUT2D eigenvalue weighted by Gasteiger charge is -2.33. The van der Waals surface area contributed by atoms with Crippen LogP contribution in [-0.2, 0) is 0 Å². The van der Waals surface area contributed by atoms with Crippen LogP contribution < -0.4 is 77.6 Å². The van der Waals surface area contributed by atoms with Gasteiger partial charge in [-0.05, 0) is 181 Å². The largest absolute Gasteiger partial charge is 0.458 e. The molecule has 6 aliphatic rings. The molecule has 114 heavy (non-hydrogen) atoms. The Morgan fingerprint density at radius 2 is 0.614 bits per heavy atom. The minimum absolute atomic E-state index is 0.0142. The molecule has 26 rings (SSSR count). The highest BCUT2D eigenvalue weighted by molar-refractivity contribution is 7.26. The van der Waals surface area contributed by atoms with Crippen molar-refractivity contribution in [1.82, 2.24) is 4.57 Å².